The van der Waals surface area contributed by atoms with E-state index in [0.29, 0.717) is 37.0 Å². The first-order valence-corrected chi connectivity index (χ1v) is 6.90. The van der Waals surface area contributed by atoms with Crippen molar-refractivity contribution >= 4 is 23.2 Å². The molecule has 2 rings (SSSR count). The van der Waals surface area contributed by atoms with E-state index in [1.165, 1.54) is 12.1 Å². The van der Waals surface area contributed by atoms with Gasteiger partial charge in [0.25, 0.3) is 0 Å². The molecule has 0 radical (unpaired) electrons. The molecule has 106 valence electrons. The number of rotatable bonds is 4. The van der Waals surface area contributed by atoms with Gasteiger partial charge in [-0.05, 0) is 24.6 Å². The van der Waals surface area contributed by atoms with E-state index in [2.05, 4.69) is 5.32 Å². The van der Waals surface area contributed by atoms with E-state index in [1.807, 2.05) is 6.92 Å². The zero-order chi connectivity index (χ0) is 13.8. The molecular formula is C13H16Cl2FNO2. The van der Waals surface area contributed by atoms with E-state index in [-0.39, 0.29) is 17.2 Å². The average molecular weight is 308 g/mol. The summed E-state index contributed by atoms with van der Waals surface area (Å²) < 4.78 is 24.3. The standard InChI is InChI=1S/C13H16Cl2FNO2/c1-8(17-6-9-7-18-2-3-19-9)10-4-13(16)12(15)5-11(10)14/h4-5,8-9,17H,2-3,6-7H2,1H3. The second kappa shape index (κ2) is 6.86. The fourth-order valence-electron chi connectivity index (χ4n) is 1.94. The lowest BCUT2D eigenvalue weighted by molar-refractivity contribution is -0.0869. The van der Waals surface area contributed by atoms with Crippen LogP contribution in [0.2, 0.25) is 10.0 Å². The second-order valence-electron chi connectivity index (χ2n) is 4.49. The van der Waals surface area contributed by atoms with Gasteiger partial charge < -0.3 is 14.8 Å². The third kappa shape index (κ3) is 4.04. The summed E-state index contributed by atoms with van der Waals surface area (Å²) in [7, 11) is 0. The number of nitrogens with one attached hydrogen (secondary N) is 1. The predicted octanol–water partition coefficient (Wildman–Crippen LogP) is 3.20. The van der Waals surface area contributed by atoms with Gasteiger partial charge in [0.15, 0.2) is 0 Å². The first-order valence-electron chi connectivity index (χ1n) is 6.15. The molecule has 19 heavy (non-hydrogen) atoms. The molecule has 0 bridgehead atoms. The molecule has 0 spiro atoms. The number of hydrogen-bond donors (Lipinski definition) is 1. The maximum Gasteiger partial charge on any atom is 0.142 e. The fourth-order valence-corrected chi connectivity index (χ4v) is 2.49. The van der Waals surface area contributed by atoms with Gasteiger partial charge in [0.1, 0.15) is 5.82 Å². The summed E-state index contributed by atoms with van der Waals surface area (Å²) in [4.78, 5) is 0. The van der Waals surface area contributed by atoms with Crippen LogP contribution in [-0.4, -0.2) is 32.5 Å². The Balaban J connectivity index is 1.95. The minimum atomic E-state index is -0.466. The van der Waals surface area contributed by atoms with E-state index in [4.69, 9.17) is 32.7 Å². The normalized spacial score (nSPS) is 21.4. The lowest BCUT2D eigenvalue weighted by atomic mass is 10.1. The average Bonchev–Trinajstić information content (AvgIpc) is 2.41. The Hall–Kier alpha value is -0.390. The molecule has 1 N–H and O–H groups in total. The zero-order valence-corrected chi connectivity index (χ0v) is 12.1. The van der Waals surface area contributed by atoms with Crippen LogP contribution in [0.25, 0.3) is 0 Å². The summed E-state index contributed by atoms with van der Waals surface area (Å²) in [6.45, 7) is 4.36. The molecule has 0 aliphatic carbocycles. The largest absolute Gasteiger partial charge is 0.376 e. The number of halogens is 3. The molecule has 1 heterocycles. The van der Waals surface area contributed by atoms with Crippen molar-refractivity contribution in [1.29, 1.82) is 0 Å². The highest BCUT2D eigenvalue weighted by atomic mass is 35.5. The van der Waals surface area contributed by atoms with Crippen molar-refractivity contribution in [3.05, 3.63) is 33.6 Å². The highest BCUT2D eigenvalue weighted by Crippen LogP contribution is 2.28. The molecule has 0 saturated carbocycles. The molecule has 3 nitrogen and oxygen atoms in total. The molecule has 0 amide bonds. The van der Waals surface area contributed by atoms with Crippen LogP contribution >= 0.6 is 23.2 Å². The molecular weight excluding hydrogens is 292 g/mol. The third-order valence-electron chi connectivity index (χ3n) is 3.04. The summed E-state index contributed by atoms with van der Waals surface area (Å²) in [6.07, 6.45) is 0.0205. The van der Waals surface area contributed by atoms with Crippen LogP contribution in [-0.2, 0) is 9.47 Å². The van der Waals surface area contributed by atoms with Gasteiger partial charge in [-0.3, -0.25) is 0 Å². The summed E-state index contributed by atoms with van der Waals surface area (Å²) >= 11 is 11.7. The topological polar surface area (TPSA) is 30.5 Å². The monoisotopic (exact) mass is 307 g/mol. The second-order valence-corrected chi connectivity index (χ2v) is 5.30. The molecule has 6 heteroatoms. The van der Waals surface area contributed by atoms with Crippen molar-refractivity contribution in [2.75, 3.05) is 26.4 Å². The van der Waals surface area contributed by atoms with Gasteiger partial charge in [0, 0.05) is 17.6 Å². The predicted molar refractivity (Wildman–Crippen MR) is 73.4 cm³/mol. The molecule has 1 saturated heterocycles. The van der Waals surface area contributed by atoms with Crippen molar-refractivity contribution in [3.8, 4) is 0 Å². The van der Waals surface area contributed by atoms with Crippen molar-refractivity contribution in [3.63, 3.8) is 0 Å². The number of benzene rings is 1. The molecule has 1 aliphatic heterocycles. The lowest BCUT2D eigenvalue weighted by Crippen LogP contribution is -2.38. The minimum absolute atomic E-state index is 0.0205. The van der Waals surface area contributed by atoms with Crippen LogP contribution in [0.4, 0.5) is 4.39 Å². The van der Waals surface area contributed by atoms with E-state index in [0.717, 1.165) is 0 Å². The first-order chi connectivity index (χ1) is 9.08. The van der Waals surface area contributed by atoms with E-state index in [9.17, 15) is 4.39 Å². The summed E-state index contributed by atoms with van der Waals surface area (Å²) in [6, 6.07) is 2.69. The van der Waals surface area contributed by atoms with E-state index >= 15 is 0 Å². The van der Waals surface area contributed by atoms with Crippen LogP contribution in [0.3, 0.4) is 0 Å². The first kappa shape index (κ1) is 15.0. The highest BCUT2D eigenvalue weighted by molar-refractivity contribution is 6.35. The molecule has 0 aromatic heterocycles. The van der Waals surface area contributed by atoms with Crippen LogP contribution in [0.15, 0.2) is 12.1 Å². The maximum absolute atomic E-state index is 13.5. The Labute approximate surface area is 122 Å². The van der Waals surface area contributed by atoms with Crippen molar-refractivity contribution in [1.82, 2.24) is 5.32 Å². The quantitative estimate of drug-likeness (QED) is 0.867. The van der Waals surface area contributed by atoms with E-state index in [1.54, 1.807) is 0 Å². The Bertz CT molecular complexity index is 439. The summed E-state index contributed by atoms with van der Waals surface area (Å²) in [5.41, 5.74) is 0.681. The van der Waals surface area contributed by atoms with Crippen molar-refractivity contribution in [2.24, 2.45) is 0 Å². The maximum atomic E-state index is 13.5. The van der Waals surface area contributed by atoms with Crippen LogP contribution in [0.1, 0.15) is 18.5 Å². The van der Waals surface area contributed by atoms with Crippen molar-refractivity contribution in [2.45, 2.75) is 19.1 Å². The van der Waals surface area contributed by atoms with Crippen molar-refractivity contribution < 1.29 is 13.9 Å². The van der Waals surface area contributed by atoms with Gasteiger partial charge in [0.05, 0.1) is 30.9 Å². The number of hydrogen-bond acceptors (Lipinski definition) is 3. The van der Waals surface area contributed by atoms with Gasteiger partial charge in [-0.2, -0.15) is 0 Å². The minimum Gasteiger partial charge on any atom is -0.376 e. The van der Waals surface area contributed by atoms with Gasteiger partial charge in [-0.15, -0.1) is 0 Å². The van der Waals surface area contributed by atoms with Crippen LogP contribution < -0.4 is 5.32 Å². The van der Waals surface area contributed by atoms with E-state index < -0.39 is 5.82 Å². The van der Waals surface area contributed by atoms with Crippen LogP contribution in [0.5, 0.6) is 0 Å². The molecule has 1 aromatic carbocycles. The van der Waals surface area contributed by atoms with Gasteiger partial charge in [0.2, 0.25) is 0 Å². The molecule has 2 atom stereocenters. The highest BCUT2D eigenvalue weighted by Gasteiger charge is 2.17. The zero-order valence-electron chi connectivity index (χ0n) is 10.6. The molecule has 2 unspecified atom stereocenters. The Morgan fingerprint density at radius 3 is 2.84 bits per heavy atom. The number of ether oxygens (including phenoxy) is 2. The van der Waals surface area contributed by atoms with Gasteiger partial charge >= 0.3 is 0 Å². The molecule has 1 aliphatic rings. The Morgan fingerprint density at radius 2 is 2.16 bits per heavy atom. The molecule has 1 fully saturated rings. The Kier molecular flexibility index (Phi) is 5.42. The Morgan fingerprint density at radius 1 is 1.37 bits per heavy atom. The smallest absolute Gasteiger partial charge is 0.142 e. The fraction of sp³-hybridized carbons (Fsp3) is 0.538. The SMILES string of the molecule is CC(NCC1COCCO1)c1cc(F)c(Cl)cc1Cl. The summed E-state index contributed by atoms with van der Waals surface area (Å²) in [5.74, 6) is -0.466. The lowest BCUT2D eigenvalue weighted by Gasteiger charge is -2.25. The molecule has 1 aromatic rings. The summed E-state index contributed by atoms with van der Waals surface area (Å²) in [5, 5.41) is 3.74. The van der Waals surface area contributed by atoms with Gasteiger partial charge in [-0.25, -0.2) is 4.39 Å². The van der Waals surface area contributed by atoms with Crippen LogP contribution in [0, 0.1) is 5.82 Å². The van der Waals surface area contributed by atoms with Gasteiger partial charge in [-0.1, -0.05) is 23.2 Å². The third-order valence-corrected chi connectivity index (χ3v) is 3.66.